The number of nitrogens with one attached hydrogen (secondary N) is 2. The number of benzene rings is 1. The summed E-state index contributed by atoms with van der Waals surface area (Å²) >= 11 is 0. The molecule has 0 radical (unpaired) electrons. The Morgan fingerprint density at radius 1 is 1.10 bits per heavy atom. The number of rotatable bonds is 7. The average Bonchev–Trinajstić information content (AvgIpc) is 2.45. The van der Waals surface area contributed by atoms with Crippen LogP contribution in [0.1, 0.15) is 37.7 Å². The lowest BCUT2D eigenvalue weighted by Crippen LogP contribution is -2.51. The van der Waals surface area contributed by atoms with Crippen molar-refractivity contribution in [2.24, 2.45) is 0 Å². The van der Waals surface area contributed by atoms with Crippen LogP contribution in [0.25, 0.3) is 0 Å². The van der Waals surface area contributed by atoms with Crippen molar-refractivity contribution in [3.63, 3.8) is 0 Å². The van der Waals surface area contributed by atoms with E-state index < -0.39 is 10.0 Å². The van der Waals surface area contributed by atoms with Crippen molar-refractivity contribution in [3.05, 3.63) is 35.9 Å². The first-order valence-electron chi connectivity index (χ1n) is 7.79. The lowest BCUT2D eigenvalue weighted by molar-refractivity contribution is 0.310. The summed E-state index contributed by atoms with van der Waals surface area (Å²) in [6, 6.07) is 10.8. The van der Waals surface area contributed by atoms with Crippen molar-refractivity contribution in [1.82, 2.24) is 10.0 Å². The maximum atomic E-state index is 11.4. The van der Waals surface area contributed by atoms with Gasteiger partial charge in [-0.25, -0.2) is 13.1 Å². The minimum Gasteiger partial charge on any atom is -0.312 e. The van der Waals surface area contributed by atoms with Crippen molar-refractivity contribution in [1.29, 1.82) is 0 Å². The van der Waals surface area contributed by atoms with Gasteiger partial charge in [-0.2, -0.15) is 0 Å². The van der Waals surface area contributed by atoms with Crippen LogP contribution < -0.4 is 10.0 Å². The molecule has 2 atom stereocenters. The van der Waals surface area contributed by atoms with Crippen LogP contribution >= 0.6 is 0 Å². The Labute approximate surface area is 128 Å². The Hall–Kier alpha value is -0.910. The van der Waals surface area contributed by atoms with E-state index in [4.69, 9.17) is 0 Å². The van der Waals surface area contributed by atoms with Gasteiger partial charge in [-0.1, -0.05) is 43.2 Å². The van der Waals surface area contributed by atoms with Crippen molar-refractivity contribution in [2.45, 2.75) is 50.6 Å². The molecule has 0 aromatic heterocycles. The molecule has 0 spiro atoms. The van der Waals surface area contributed by atoms with Gasteiger partial charge in [0.1, 0.15) is 0 Å². The smallest absolute Gasteiger partial charge is 0.209 e. The minimum absolute atomic E-state index is 0.0467. The summed E-state index contributed by atoms with van der Waals surface area (Å²) in [4.78, 5) is 0. The number of aryl methyl sites for hydroxylation is 1. The van der Waals surface area contributed by atoms with Crippen LogP contribution in [0.15, 0.2) is 30.3 Å². The molecule has 1 aliphatic rings. The molecular formula is C16H26N2O2S. The van der Waals surface area contributed by atoms with Crippen LogP contribution in [-0.2, 0) is 16.4 Å². The summed E-state index contributed by atoms with van der Waals surface area (Å²) in [6.07, 6.45) is 7.65. The quantitative estimate of drug-likeness (QED) is 0.758. The molecule has 21 heavy (non-hydrogen) atoms. The molecule has 1 aliphatic carbocycles. The molecule has 5 heteroatoms. The van der Waals surface area contributed by atoms with E-state index in [2.05, 4.69) is 34.3 Å². The third-order valence-electron chi connectivity index (χ3n) is 4.02. The average molecular weight is 310 g/mol. The molecule has 2 rings (SSSR count). The van der Waals surface area contributed by atoms with E-state index in [0.717, 1.165) is 38.6 Å². The molecule has 1 fully saturated rings. The molecule has 2 N–H and O–H groups in total. The number of hydrogen-bond acceptors (Lipinski definition) is 3. The number of hydrogen-bond donors (Lipinski definition) is 2. The van der Waals surface area contributed by atoms with E-state index in [1.165, 1.54) is 18.2 Å². The zero-order valence-electron chi connectivity index (χ0n) is 12.7. The van der Waals surface area contributed by atoms with E-state index in [1.807, 2.05) is 6.07 Å². The molecular weight excluding hydrogens is 284 g/mol. The molecule has 0 saturated heterocycles. The van der Waals surface area contributed by atoms with Gasteiger partial charge in [-0.05, 0) is 37.8 Å². The number of sulfonamides is 1. The lowest BCUT2D eigenvalue weighted by Gasteiger charge is -2.32. The van der Waals surface area contributed by atoms with Gasteiger partial charge in [0.2, 0.25) is 10.0 Å². The van der Waals surface area contributed by atoms with Crippen molar-refractivity contribution in [3.8, 4) is 0 Å². The molecule has 4 nitrogen and oxygen atoms in total. The second-order valence-corrected chi connectivity index (χ2v) is 7.71. The molecule has 1 aromatic rings. The van der Waals surface area contributed by atoms with Crippen LogP contribution in [0.2, 0.25) is 0 Å². The van der Waals surface area contributed by atoms with Crippen LogP contribution in [0.4, 0.5) is 0 Å². The highest BCUT2D eigenvalue weighted by Crippen LogP contribution is 2.19. The highest BCUT2D eigenvalue weighted by Gasteiger charge is 2.26. The summed E-state index contributed by atoms with van der Waals surface area (Å²) < 4.78 is 25.6. The fourth-order valence-corrected chi connectivity index (χ4v) is 3.85. The zero-order chi connectivity index (χ0) is 15.1. The predicted octanol–water partition coefficient (Wildman–Crippen LogP) is 2.07. The fourth-order valence-electron chi connectivity index (χ4n) is 3.02. The summed E-state index contributed by atoms with van der Waals surface area (Å²) in [7, 11) is -3.12. The van der Waals surface area contributed by atoms with Gasteiger partial charge in [0, 0.05) is 12.1 Å². The van der Waals surface area contributed by atoms with Crippen molar-refractivity contribution >= 4 is 10.0 Å². The van der Waals surface area contributed by atoms with Crippen LogP contribution in [-0.4, -0.2) is 33.3 Å². The highest BCUT2D eigenvalue weighted by atomic mass is 32.2. The lowest BCUT2D eigenvalue weighted by atomic mass is 9.91. The van der Waals surface area contributed by atoms with E-state index in [0.29, 0.717) is 0 Å². The maximum absolute atomic E-state index is 11.4. The first kappa shape index (κ1) is 16.5. The van der Waals surface area contributed by atoms with E-state index in [1.54, 1.807) is 0 Å². The van der Waals surface area contributed by atoms with Gasteiger partial charge in [-0.3, -0.25) is 0 Å². The topological polar surface area (TPSA) is 58.2 Å². The summed E-state index contributed by atoms with van der Waals surface area (Å²) in [5, 5.41) is 3.54. The Kier molecular flexibility index (Phi) is 6.21. The van der Waals surface area contributed by atoms with Gasteiger partial charge < -0.3 is 5.32 Å². The van der Waals surface area contributed by atoms with Crippen molar-refractivity contribution in [2.75, 3.05) is 12.8 Å². The zero-order valence-corrected chi connectivity index (χ0v) is 13.5. The SMILES string of the molecule is CS(=O)(=O)NC1CCCCC1NCCCc1ccccc1. The summed E-state index contributed by atoms with van der Waals surface area (Å²) in [6.45, 7) is 0.932. The normalized spacial score (nSPS) is 23.1. The Balaban J connectivity index is 1.75. The van der Waals surface area contributed by atoms with E-state index in [9.17, 15) is 8.42 Å². The van der Waals surface area contributed by atoms with Crippen LogP contribution in [0.5, 0.6) is 0 Å². The first-order valence-corrected chi connectivity index (χ1v) is 9.68. The second kappa shape index (κ2) is 7.92. The van der Waals surface area contributed by atoms with E-state index >= 15 is 0 Å². The van der Waals surface area contributed by atoms with Gasteiger partial charge in [-0.15, -0.1) is 0 Å². The third-order valence-corrected chi connectivity index (χ3v) is 4.75. The molecule has 0 amide bonds. The van der Waals surface area contributed by atoms with Gasteiger partial charge >= 0.3 is 0 Å². The monoisotopic (exact) mass is 310 g/mol. The molecule has 0 heterocycles. The molecule has 1 aromatic carbocycles. The Bertz CT molecular complexity index is 516. The third kappa shape index (κ3) is 6.16. The molecule has 2 unspecified atom stereocenters. The second-order valence-electron chi connectivity index (χ2n) is 5.93. The Morgan fingerprint density at radius 3 is 2.43 bits per heavy atom. The highest BCUT2D eigenvalue weighted by molar-refractivity contribution is 7.88. The van der Waals surface area contributed by atoms with E-state index in [-0.39, 0.29) is 12.1 Å². The predicted molar refractivity (Wildman–Crippen MR) is 86.8 cm³/mol. The van der Waals surface area contributed by atoms with Gasteiger partial charge in [0.05, 0.1) is 6.26 Å². The Morgan fingerprint density at radius 2 is 1.76 bits per heavy atom. The largest absolute Gasteiger partial charge is 0.312 e. The minimum atomic E-state index is -3.12. The van der Waals surface area contributed by atoms with Crippen LogP contribution in [0, 0.1) is 0 Å². The molecule has 0 aliphatic heterocycles. The first-order chi connectivity index (χ1) is 10.0. The summed E-state index contributed by atoms with van der Waals surface area (Å²) in [5.41, 5.74) is 1.36. The van der Waals surface area contributed by atoms with Crippen molar-refractivity contribution < 1.29 is 8.42 Å². The fraction of sp³-hybridized carbons (Fsp3) is 0.625. The molecule has 118 valence electrons. The molecule has 0 bridgehead atoms. The standard InChI is InChI=1S/C16H26N2O2S/c1-21(19,20)18-16-12-6-5-11-15(16)17-13-7-10-14-8-3-2-4-9-14/h2-4,8-9,15-18H,5-7,10-13H2,1H3. The molecule has 1 saturated carbocycles. The maximum Gasteiger partial charge on any atom is 0.209 e. The van der Waals surface area contributed by atoms with Crippen LogP contribution in [0.3, 0.4) is 0 Å². The van der Waals surface area contributed by atoms with Gasteiger partial charge in [0.25, 0.3) is 0 Å². The summed E-state index contributed by atoms with van der Waals surface area (Å²) in [5.74, 6) is 0. The van der Waals surface area contributed by atoms with Gasteiger partial charge in [0.15, 0.2) is 0 Å².